The maximum atomic E-state index is 12.8. The van der Waals surface area contributed by atoms with Crippen LogP contribution in [0.25, 0.3) is 11.3 Å². The van der Waals surface area contributed by atoms with Crippen LogP contribution in [0, 0.1) is 0 Å². The number of carbonyl (C=O) groups excluding carboxylic acids is 2. The third-order valence-electron chi connectivity index (χ3n) is 5.32. The molecule has 0 atom stereocenters. The van der Waals surface area contributed by atoms with Crippen molar-refractivity contribution in [3.05, 3.63) is 102 Å². The van der Waals surface area contributed by atoms with Crippen molar-refractivity contribution in [1.29, 1.82) is 0 Å². The van der Waals surface area contributed by atoms with Gasteiger partial charge in [0.2, 0.25) is 0 Å². The van der Waals surface area contributed by atoms with E-state index >= 15 is 0 Å². The molecule has 4 aromatic rings. The summed E-state index contributed by atoms with van der Waals surface area (Å²) in [6.07, 6.45) is -0.587. The Balaban J connectivity index is 1.44. The summed E-state index contributed by atoms with van der Waals surface area (Å²) < 4.78 is 15.6. The van der Waals surface area contributed by atoms with Gasteiger partial charge < -0.3 is 24.8 Å². The van der Waals surface area contributed by atoms with Crippen molar-refractivity contribution < 1.29 is 23.8 Å². The van der Waals surface area contributed by atoms with Crippen molar-refractivity contribution in [3.63, 3.8) is 0 Å². The van der Waals surface area contributed by atoms with Crippen LogP contribution >= 0.6 is 0 Å². The lowest BCUT2D eigenvalue weighted by molar-refractivity contribution is 0.102. The number of hydrogen-bond acceptors (Lipinski definition) is 6. The van der Waals surface area contributed by atoms with Gasteiger partial charge in [0.1, 0.15) is 22.9 Å². The Morgan fingerprint density at radius 2 is 1.39 bits per heavy atom. The molecule has 8 nitrogen and oxygen atoms in total. The molecule has 0 aliphatic heterocycles. The predicted molar refractivity (Wildman–Crippen MR) is 136 cm³/mol. The van der Waals surface area contributed by atoms with Gasteiger partial charge in [-0.05, 0) is 66.2 Å². The summed E-state index contributed by atoms with van der Waals surface area (Å²) in [5, 5.41) is 5.59. The number of ether oxygens (including phenoxy) is 3. The summed E-state index contributed by atoms with van der Waals surface area (Å²) in [5.74, 6) is 1.44. The Hall–Kier alpha value is -4.85. The van der Waals surface area contributed by atoms with Crippen LogP contribution < -0.4 is 24.8 Å². The molecule has 1 aromatic heterocycles. The number of amides is 2. The zero-order chi connectivity index (χ0) is 25.3. The Bertz CT molecular complexity index is 1340. The molecule has 0 spiro atoms. The number of nitrogens with zero attached hydrogens (tertiary/aromatic N) is 1. The van der Waals surface area contributed by atoms with Crippen LogP contribution in [0.1, 0.15) is 16.1 Å². The third-order valence-corrected chi connectivity index (χ3v) is 5.32. The lowest BCUT2D eigenvalue weighted by Crippen LogP contribution is -2.26. The maximum absolute atomic E-state index is 12.8. The lowest BCUT2D eigenvalue weighted by Gasteiger charge is -2.12. The highest BCUT2D eigenvalue weighted by Gasteiger charge is 2.13. The first-order chi connectivity index (χ1) is 17.6. The molecule has 0 aliphatic rings. The first kappa shape index (κ1) is 24.3. The van der Waals surface area contributed by atoms with Gasteiger partial charge in [0.15, 0.2) is 0 Å². The summed E-state index contributed by atoms with van der Waals surface area (Å²) in [4.78, 5) is 29.6. The van der Waals surface area contributed by atoms with Crippen LogP contribution in [0.15, 0.2) is 91.0 Å². The molecule has 3 aromatic carbocycles. The van der Waals surface area contributed by atoms with E-state index in [1.165, 1.54) is 0 Å². The van der Waals surface area contributed by atoms with Crippen LogP contribution in [0.3, 0.4) is 0 Å². The van der Waals surface area contributed by atoms with E-state index in [1.54, 1.807) is 74.9 Å². The molecule has 0 radical (unpaired) electrons. The van der Waals surface area contributed by atoms with E-state index in [9.17, 15) is 9.59 Å². The van der Waals surface area contributed by atoms with Gasteiger partial charge in [0.25, 0.3) is 5.91 Å². The number of benzene rings is 3. The zero-order valence-electron chi connectivity index (χ0n) is 19.9. The number of carbonyl (C=O) groups is 2. The van der Waals surface area contributed by atoms with Crippen molar-refractivity contribution >= 4 is 17.7 Å². The molecule has 0 saturated heterocycles. The van der Waals surface area contributed by atoms with Crippen molar-refractivity contribution in [1.82, 2.24) is 10.3 Å². The van der Waals surface area contributed by atoms with Crippen molar-refractivity contribution in [2.75, 3.05) is 19.5 Å². The summed E-state index contributed by atoms with van der Waals surface area (Å²) >= 11 is 0. The minimum absolute atomic E-state index is 0.217. The van der Waals surface area contributed by atoms with E-state index in [-0.39, 0.29) is 18.1 Å². The second-order valence-electron chi connectivity index (χ2n) is 7.67. The van der Waals surface area contributed by atoms with Gasteiger partial charge in [0.05, 0.1) is 19.9 Å². The summed E-state index contributed by atoms with van der Waals surface area (Å²) in [6, 6.07) is 26.5. The molecule has 182 valence electrons. The van der Waals surface area contributed by atoms with E-state index in [1.807, 2.05) is 30.3 Å². The topological polar surface area (TPSA) is 98.8 Å². The number of hydrogen-bond donors (Lipinski definition) is 2. The molecule has 0 bridgehead atoms. The molecule has 8 heteroatoms. The number of aromatic nitrogens is 1. The van der Waals surface area contributed by atoms with E-state index in [4.69, 9.17) is 14.2 Å². The minimum Gasteiger partial charge on any atom is -0.497 e. The van der Waals surface area contributed by atoms with Crippen LogP contribution in [0.4, 0.5) is 10.5 Å². The quantitative estimate of drug-likeness (QED) is 0.353. The molecule has 2 N–H and O–H groups in total. The highest BCUT2D eigenvalue weighted by atomic mass is 16.6. The van der Waals surface area contributed by atoms with Gasteiger partial charge in [-0.1, -0.05) is 30.3 Å². The van der Waals surface area contributed by atoms with E-state index in [2.05, 4.69) is 15.6 Å². The van der Waals surface area contributed by atoms with Gasteiger partial charge in [0, 0.05) is 17.8 Å². The molecule has 36 heavy (non-hydrogen) atoms. The molecule has 4 rings (SSSR count). The average Bonchev–Trinajstić information content (AvgIpc) is 2.93. The predicted octanol–water partition coefficient (Wildman–Crippen LogP) is 5.31. The molecule has 2 amide bonds. The largest absolute Gasteiger partial charge is 0.497 e. The first-order valence-electron chi connectivity index (χ1n) is 11.2. The van der Waals surface area contributed by atoms with Gasteiger partial charge in [-0.2, -0.15) is 0 Å². The minimum atomic E-state index is -0.587. The first-order valence-corrected chi connectivity index (χ1v) is 11.2. The molecule has 0 aliphatic carbocycles. The smallest absolute Gasteiger partial charge is 0.412 e. The normalized spacial score (nSPS) is 10.3. The van der Waals surface area contributed by atoms with Crippen LogP contribution in [-0.2, 0) is 6.54 Å². The highest BCUT2D eigenvalue weighted by Crippen LogP contribution is 2.23. The average molecular weight is 484 g/mol. The van der Waals surface area contributed by atoms with Crippen LogP contribution in [-0.4, -0.2) is 31.2 Å². The van der Waals surface area contributed by atoms with Crippen molar-refractivity contribution in [2.24, 2.45) is 0 Å². The monoisotopic (exact) mass is 483 g/mol. The van der Waals surface area contributed by atoms with Crippen LogP contribution in [0.5, 0.6) is 17.2 Å². The van der Waals surface area contributed by atoms with Crippen molar-refractivity contribution in [2.45, 2.75) is 6.54 Å². The molecule has 0 fully saturated rings. The number of anilines is 1. The van der Waals surface area contributed by atoms with Gasteiger partial charge in [-0.15, -0.1) is 0 Å². The fourth-order valence-electron chi connectivity index (χ4n) is 3.46. The standard InChI is InChI=1S/C28H25N3O5/c1-34-21-12-10-20(11-13-21)30-27(32)26-9-5-8-25(31-26)24-7-4-3-6-19(24)18-29-28(33)36-23-16-14-22(35-2)15-17-23/h3-17H,18H2,1-2H3,(H,29,33)(H,30,32). The SMILES string of the molecule is COc1ccc(NC(=O)c2cccc(-c3ccccc3CNC(=O)Oc3ccc(OC)cc3)n2)cc1. The number of methoxy groups -OCH3 is 2. The van der Waals surface area contributed by atoms with Crippen LogP contribution in [0.2, 0.25) is 0 Å². The van der Waals surface area contributed by atoms with E-state index in [0.717, 1.165) is 11.1 Å². The Kier molecular flexibility index (Phi) is 7.77. The number of rotatable bonds is 8. The fourth-order valence-corrected chi connectivity index (χ4v) is 3.46. The lowest BCUT2D eigenvalue weighted by atomic mass is 10.0. The molecular weight excluding hydrogens is 458 g/mol. The van der Waals surface area contributed by atoms with E-state index in [0.29, 0.717) is 28.6 Å². The molecule has 0 unspecified atom stereocenters. The second-order valence-corrected chi connectivity index (χ2v) is 7.67. The highest BCUT2D eigenvalue weighted by molar-refractivity contribution is 6.03. The fraction of sp³-hybridized carbons (Fsp3) is 0.107. The second kappa shape index (κ2) is 11.5. The summed E-state index contributed by atoms with van der Waals surface area (Å²) in [7, 11) is 3.15. The number of pyridine rings is 1. The van der Waals surface area contributed by atoms with Gasteiger partial charge in [-0.25, -0.2) is 9.78 Å². The maximum Gasteiger partial charge on any atom is 0.412 e. The molecule has 1 heterocycles. The Labute approximate surface area is 208 Å². The Morgan fingerprint density at radius 1 is 0.750 bits per heavy atom. The van der Waals surface area contributed by atoms with Crippen molar-refractivity contribution in [3.8, 4) is 28.5 Å². The summed E-state index contributed by atoms with van der Waals surface area (Å²) in [6.45, 7) is 0.217. The molecule has 0 saturated carbocycles. The zero-order valence-corrected chi connectivity index (χ0v) is 19.9. The van der Waals surface area contributed by atoms with Gasteiger partial charge in [-0.3, -0.25) is 4.79 Å². The van der Waals surface area contributed by atoms with E-state index < -0.39 is 6.09 Å². The number of nitrogens with one attached hydrogen (secondary N) is 2. The summed E-state index contributed by atoms with van der Waals surface area (Å²) in [5.41, 5.74) is 3.13. The van der Waals surface area contributed by atoms with Gasteiger partial charge >= 0.3 is 6.09 Å². The third kappa shape index (κ3) is 6.18. The molecular formula is C28H25N3O5. The Morgan fingerprint density at radius 3 is 2.08 bits per heavy atom.